The summed E-state index contributed by atoms with van der Waals surface area (Å²) in [6.07, 6.45) is 7.12. The zero-order valence-electron chi connectivity index (χ0n) is 11.5. The number of carbonyl (C=O) groups excluding carboxylic acids is 1. The van der Waals surface area contributed by atoms with Gasteiger partial charge in [0.15, 0.2) is 0 Å². The van der Waals surface area contributed by atoms with E-state index in [9.17, 15) is 4.79 Å². The number of rotatable bonds is 3. The van der Waals surface area contributed by atoms with Gasteiger partial charge < -0.3 is 15.0 Å². The number of hydrogen-bond acceptors (Lipinski definition) is 3. The van der Waals surface area contributed by atoms with Gasteiger partial charge in [-0.05, 0) is 45.7 Å². The van der Waals surface area contributed by atoms with E-state index in [-0.39, 0.29) is 18.6 Å². The third-order valence-corrected chi connectivity index (χ3v) is 4.10. The van der Waals surface area contributed by atoms with Crippen LogP contribution >= 0.6 is 0 Å². The quantitative estimate of drug-likeness (QED) is 0.831. The van der Waals surface area contributed by atoms with E-state index in [1.165, 1.54) is 12.8 Å². The molecule has 2 fully saturated rings. The van der Waals surface area contributed by atoms with E-state index in [4.69, 9.17) is 4.74 Å². The van der Waals surface area contributed by atoms with Crippen LogP contribution in [0.15, 0.2) is 0 Å². The summed E-state index contributed by atoms with van der Waals surface area (Å²) in [6, 6.07) is 0.386. The summed E-state index contributed by atoms with van der Waals surface area (Å²) < 4.78 is 5.76. The van der Waals surface area contributed by atoms with E-state index in [0.717, 1.165) is 45.3 Å². The zero-order valence-corrected chi connectivity index (χ0v) is 11.5. The van der Waals surface area contributed by atoms with Gasteiger partial charge in [-0.2, -0.15) is 0 Å². The smallest absolute Gasteiger partial charge is 0.248 e. The van der Waals surface area contributed by atoms with Gasteiger partial charge in [0.25, 0.3) is 0 Å². The Morgan fingerprint density at radius 1 is 1.22 bits per heavy atom. The summed E-state index contributed by atoms with van der Waals surface area (Å²) in [7, 11) is 0. The Hall–Kier alpha value is -0.610. The predicted octanol–water partition coefficient (Wildman–Crippen LogP) is 1.55. The summed E-state index contributed by atoms with van der Waals surface area (Å²) in [5, 5.41) is 3.31. The Labute approximate surface area is 110 Å². The van der Waals surface area contributed by atoms with Gasteiger partial charge in [0.1, 0.15) is 6.61 Å². The van der Waals surface area contributed by atoms with E-state index >= 15 is 0 Å². The monoisotopic (exact) mass is 254 g/mol. The molecule has 18 heavy (non-hydrogen) atoms. The normalized spacial score (nSPS) is 26.9. The van der Waals surface area contributed by atoms with Crippen molar-refractivity contribution in [2.75, 3.05) is 26.2 Å². The van der Waals surface area contributed by atoms with E-state index in [1.807, 2.05) is 4.90 Å². The zero-order chi connectivity index (χ0) is 12.8. The van der Waals surface area contributed by atoms with Crippen LogP contribution in [-0.4, -0.2) is 49.2 Å². The van der Waals surface area contributed by atoms with Crippen LogP contribution in [-0.2, 0) is 9.53 Å². The summed E-state index contributed by atoms with van der Waals surface area (Å²) in [5.74, 6) is 0.183. The average Bonchev–Trinajstić information content (AvgIpc) is 2.62. The molecular weight excluding hydrogens is 228 g/mol. The van der Waals surface area contributed by atoms with Crippen LogP contribution in [0.2, 0.25) is 0 Å². The maximum absolute atomic E-state index is 12.2. The first-order valence-electron chi connectivity index (χ1n) is 7.39. The van der Waals surface area contributed by atoms with Crippen LogP contribution in [0.25, 0.3) is 0 Å². The molecule has 0 saturated carbocycles. The Morgan fingerprint density at radius 3 is 2.78 bits per heavy atom. The minimum atomic E-state index is 0.183. The molecule has 0 aromatic rings. The number of hydrogen-bond donors (Lipinski definition) is 1. The first kappa shape index (κ1) is 13.8. The van der Waals surface area contributed by atoms with Crippen LogP contribution in [0.1, 0.15) is 45.4 Å². The number of nitrogens with one attached hydrogen (secondary N) is 1. The van der Waals surface area contributed by atoms with Gasteiger partial charge in [-0.15, -0.1) is 0 Å². The van der Waals surface area contributed by atoms with Crippen molar-refractivity contribution in [3.8, 4) is 0 Å². The number of nitrogens with zero attached hydrogens (tertiary/aromatic N) is 1. The van der Waals surface area contributed by atoms with Crippen molar-refractivity contribution in [1.82, 2.24) is 10.2 Å². The molecule has 2 heterocycles. The highest BCUT2D eigenvalue weighted by atomic mass is 16.5. The molecule has 0 radical (unpaired) electrons. The molecule has 0 aliphatic carbocycles. The minimum Gasteiger partial charge on any atom is -0.368 e. The largest absolute Gasteiger partial charge is 0.368 e. The molecule has 2 rings (SSSR count). The highest BCUT2D eigenvalue weighted by Gasteiger charge is 2.23. The first-order chi connectivity index (χ1) is 8.77. The second kappa shape index (κ2) is 7.10. The van der Waals surface area contributed by atoms with Gasteiger partial charge in [0.2, 0.25) is 5.91 Å². The van der Waals surface area contributed by atoms with Crippen LogP contribution in [0, 0.1) is 0 Å². The molecule has 0 aromatic heterocycles. The van der Waals surface area contributed by atoms with Gasteiger partial charge in [-0.3, -0.25) is 4.79 Å². The fourth-order valence-electron chi connectivity index (χ4n) is 2.88. The van der Waals surface area contributed by atoms with Crippen molar-refractivity contribution in [3.05, 3.63) is 0 Å². The fraction of sp³-hybridized carbons (Fsp3) is 0.929. The molecule has 0 aromatic carbocycles. The molecule has 0 bridgehead atoms. The molecule has 2 saturated heterocycles. The first-order valence-corrected chi connectivity index (χ1v) is 7.39. The van der Waals surface area contributed by atoms with Crippen LogP contribution in [0.3, 0.4) is 0 Å². The maximum atomic E-state index is 12.2. The van der Waals surface area contributed by atoms with Gasteiger partial charge in [0, 0.05) is 12.6 Å². The van der Waals surface area contributed by atoms with Gasteiger partial charge >= 0.3 is 0 Å². The Morgan fingerprint density at radius 2 is 2.00 bits per heavy atom. The van der Waals surface area contributed by atoms with E-state index in [0.29, 0.717) is 6.04 Å². The van der Waals surface area contributed by atoms with Crippen molar-refractivity contribution < 1.29 is 9.53 Å². The van der Waals surface area contributed by atoms with Gasteiger partial charge in [-0.1, -0.05) is 12.8 Å². The molecule has 2 aliphatic heterocycles. The van der Waals surface area contributed by atoms with Gasteiger partial charge in [0.05, 0.1) is 6.10 Å². The van der Waals surface area contributed by atoms with E-state index in [2.05, 4.69) is 12.2 Å². The van der Waals surface area contributed by atoms with Crippen LogP contribution in [0.4, 0.5) is 0 Å². The second-order valence-electron chi connectivity index (χ2n) is 5.55. The number of piperidine rings is 1. The summed E-state index contributed by atoms with van der Waals surface area (Å²) in [6.45, 7) is 5.37. The van der Waals surface area contributed by atoms with Crippen molar-refractivity contribution in [2.45, 2.75) is 57.6 Å². The summed E-state index contributed by atoms with van der Waals surface area (Å²) >= 11 is 0. The number of ether oxygens (including phenoxy) is 1. The standard InChI is InChI=1S/C14H26N2O2/c1-12-5-3-2-4-10-16(12)14(17)11-18-13-6-8-15-9-7-13/h12-13,15H,2-11H2,1H3. The number of amides is 1. The molecule has 104 valence electrons. The summed E-state index contributed by atoms with van der Waals surface area (Å²) in [5.41, 5.74) is 0. The Kier molecular flexibility index (Phi) is 5.45. The lowest BCUT2D eigenvalue weighted by Gasteiger charge is -2.29. The van der Waals surface area contributed by atoms with E-state index < -0.39 is 0 Å². The molecule has 1 amide bonds. The highest BCUT2D eigenvalue weighted by molar-refractivity contribution is 5.77. The highest BCUT2D eigenvalue weighted by Crippen LogP contribution is 2.17. The third kappa shape index (κ3) is 3.95. The lowest BCUT2D eigenvalue weighted by atomic mass is 10.1. The molecule has 1 unspecified atom stereocenters. The van der Waals surface area contributed by atoms with E-state index in [1.54, 1.807) is 0 Å². The van der Waals surface area contributed by atoms with Crippen molar-refractivity contribution in [3.63, 3.8) is 0 Å². The fourth-order valence-corrected chi connectivity index (χ4v) is 2.88. The lowest BCUT2D eigenvalue weighted by Crippen LogP contribution is -2.42. The van der Waals surface area contributed by atoms with Crippen molar-refractivity contribution >= 4 is 5.91 Å². The molecule has 4 nitrogen and oxygen atoms in total. The average molecular weight is 254 g/mol. The van der Waals surface area contributed by atoms with Gasteiger partial charge in [-0.25, -0.2) is 0 Å². The number of likely N-dealkylation sites (tertiary alicyclic amines) is 1. The molecule has 0 spiro atoms. The molecule has 4 heteroatoms. The maximum Gasteiger partial charge on any atom is 0.248 e. The molecule has 1 N–H and O–H groups in total. The lowest BCUT2D eigenvalue weighted by molar-refractivity contribution is -0.140. The Bertz CT molecular complexity index is 265. The molecular formula is C14H26N2O2. The number of carbonyl (C=O) groups is 1. The van der Waals surface area contributed by atoms with Crippen molar-refractivity contribution in [2.24, 2.45) is 0 Å². The molecule has 1 atom stereocenters. The van der Waals surface area contributed by atoms with Crippen LogP contribution < -0.4 is 5.32 Å². The summed E-state index contributed by atoms with van der Waals surface area (Å²) in [4.78, 5) is 14.2. The third-order valence-electron chi connectivity index (χ3n) is 4.10. The minimum absolute atomic E-state index is 0.183. The van der Waals surface area contributed by atoms with Crippen LogP contribution in [0.5, 0.6) is 0 Å². The predicted molar refractivity (Wildman–Crippen MR) is 71.5 cm³/mol. The topological polar surface area (TPSA) is 41.6 Å². The molecule has 2 aliphatic rings. The second-order valence-corrected chi connectivity index (χ2v) is 5.55. The SMILES string of the molecule is CC1CCCCCN1C(=O)COC1CCNCC1. The van der Waals surface area contributed by atoms with Crippen molar-refractivity contribution in [1.29, 1.82) is 0 Å². The Balaban J connectivity index is 1.75.